The molecule has 0 radical (unpaired) electrons. The van der Waals surface area contributed by atoms with Crippen molar-refractivity contribution in [3.63, 3.8) is 0 Å². The van der Waals surface area contributed by atoms with Crippen LogP contribution in [0.5, 0.6) is 5.75 Å². The third-order valence-electron chi connectivity index (χ3n) is 5.45. The predicted octanol–water partition coefficient (Wildman–Crippen LogP) is 4.74. The van der Waals surface area contributed by atoms with Gasteiger partial charge in [0.1, 0.15) is 12.3 Å². The Morgan fingerprint density at radius 2 is 1.78 bits per heavy atom. The first kappa shape index (κ1) is 25.3. The summed E-state index contributed by atoms with van der Waals surface area (Å²) in [5.74, 6) is 1.03. The molecule has 1 atom stereocenters. The molecule has 0 saturated heterocycles. The number of nitrogens with one attached hydrogen (secondary N) is 1. The first-order valence-corrected chi connectivity index (χ1v) is 11.4. The number of rotatable bonds is 11. The molecule has 0 spiro atoms. The van der Waals surface area contributed by atoms with E-state index in [0.717, 1.165) is 17.9 Å². The van der Waals surface area contributed by atoms with Crippen molar-refractivity contribution in [1.82, 2.24) is 14.4 Å². The highest BCUT2D eigenvalue weighted by Gasteiger charge is 2.25. The smallest absolute Gasteiger partial charge is 0.322 e. The minimum atomic E-state index is -0.278. The third-order valence-corrected chi connectivity index (χ3v) is 5.45. The van der Waals surface area contributed by atoms with Gasteiger partial charge < -0.3 is 24.4 Å². The largest absolute Gasteiger partial charge is 0.494 e. The van der Waals surface area contributed by atoms with Crippen LogP contribution in [0.15, 0.2) is 42.6 Å². The molecule has 0 bridgehead atoms. The number of carbonyl (C=O) groups excluding carboxylic acids is 2. The molecule has 32 heavy (non-hydrogen) atoms. The van der Waals surface area contributed by atoms with Gasteiger partial charge in [0.05, 0.1) is 13.2 Å². The van der Waals surface area contributed by atoms with Crippen molar-refractivity contribution in [2.24, 2.45) is 13.0 Å². The van der Waals surface area contributed by atoms with E-state index in [-0.39, 0.29) is 24.5 Å². The summed E-state index contributed by atoms with van der Waals surface area (Å²) < 4.78 is 7.48. The lowest BCUT2D eigenvalue weighted by molar-refractivity contribution is -0.133. The quantitative estimate of drug-likeness (QED) is 0.547. The summed E-state index contributed by atoms with van der Waals surface area (Å²) >= 11 is 0. The third kappa shape index (κ3) is 7.32. The fourth-order valence-corrected chi connectivity index (χ4v) is 3.44. The van der Waals surface area contributed by atoms with Gasteiger partial charge in [-0.3, -0.25) is 4.79 Å². The van der Waals surface area contributed by atoms with Crippen LogP contribution in [0.1, 0.15) is 46.7 Å². The second-order valence-electron chi connectivity index (χ2n) is 8.55. The maximum absolute atomic E-state index is 13.3. The van der Waals surface area contributed by atoms with E-state index in [4.69, 9.17) is 4.74 Å². The zero-order valence-corrected chi connectivity index (χ0v) is 20.3. The normalized spacial score (nSPS) is 11.8. The van der Waals surface area contributed by atoms with Crippen LogP contribution in [0.3, 0.4) is 0 Å². The maximum atomic E-state index is 13.3. The van der Waals surface area contributed by atoms with Gasteiger partial charge in [0, 0.05) is 37.2 Å². The summed E-state index contributed by atoms with van der Waals surface area (Å²) in [4.78, 5) is 29.9. The Morgan fingerprint density at radius 3 is 2.31 bits per heavy atom. The molecular formula is C25H38N4O3. The molecule has 0 saturated carbocycles. The Morgan fingerprint density at radius 1 is 1.09 bits per heavy atom. The molecule has 2 rings (SSSR count). The average Bonchev–Trinajstić information content (AvgIpc) is 3.16. The topological polar surface area (TPSA) is 66.8 Å². The summed E-state index contributed by atoms with van der Waals surface area (Å²) in [6.45, 7) is 11.9. The monoisotopic (exact) mass is 442 g/mol. The molecule has 0 fully saturated rings. The van der Waals surface area contributed by atoms with Crippen LogP contribution in [0.2, 0.25) is 0 Å². The fourth-order valence-electron chi connectivity index (χ4n) is 3.44. The van der Waals surface area contributed by atoms with Crippen molar-refractivity contribution in [2.45, 2.75) is 53.6 Å². The average molecular weight is 443 g/mol. The molecule has 176 valence electrons. The number of hydrogen-bond acceptors (Lipinski definition) is 3. The molecule has 1 unspecified atom stereocenters. The van der Waals surface area contributed by atoms with Crippen molar-refractivity contribution in [3.05, 3.63) is 48.3 Å². The number of aromatic nitrogens is 1. The van der Waals surface area contributed by atoms with Crippen LogP contribution in [-0.4, -0.2) is 52.0 Å². The fraction of sp³-hybridized carbons (Fsp3) is 0.520. The Labute approximate surface area is 192 Å². The lowest BCUT2D eigenvalue weighted by atomic mass is 10.2. The molecule has 3 amide bonds. The molecule has 1 aromatic carbocycles. The Kier molecular flexibility index (Phi) is 9.62. The molecule has 2 aromatic rings. The minimum Gasteiger partial charge on any atom is -0.494 e. The highest BCUT2D eigenvalue weighted by Crippen LogP contribution is 2.17. The van der Waals surface area contributed by atoms with Gasteiger partial charge in [0.25, 0.3) is 0 Å². The van der Waals surface area contributed by atoms with Crippen LogP contribution in [-0.2, 0) is 18.4 Å². The van der Waals surface area contributed by atoms with Gasteiger partial charge in [0.2, 0.25) is 5.91 Å². The minimum absolute atomic E-state index is 0.0367. The van der Waals surface area contributed by atoms with Gasteiger partial charge >= 0.3 is 6.03 Å². The van der Waals surface area contributed by atoms with E-state index in [2.05, 4.69) is 19.2 Å². The van der Waals surface area contributed by atoms with Crippen LogP contribution in [0.4, 0.5) is 10.5 Å². The Hall–Kier alpha value is -2.96. The van der Waals surface area contributed by atoms with E-state index in [1.54, 1.807) is 17.0 Å². The molecular weight excluding hydrogens is 404 g/mol. The van der Waals surface area contributed by atoms with Crippen LogP contribution < -0.4 is 10.1 Å². The number of ether oxygens (including phenoxy) is 1. The number of benzene rings is 1. The molecule has 7 heteroatoms. The van der Waals surface area contributed by atoms with Crippen molar-refractivity contribution >= 4 is 17.6 Å². The molecule has 0 aliphatic carbocycles. The molecule has 0 aliphatic heterocycles. The second-order valence-corrected chi connectivity index (χ2v) is 8.55. The van der Waals surface area contributed by atoms with Crippen LogP contribution in [0, 0.1) is 5.92 Å². The first-order valence-electron chi connectivity index (χ1n) is 11.4. The Bertz CT molecular complexity index is 860. The number of amides is 3. The zero-order valence-electron chi connectivity index (χ0n) is 20.3. The summed E-state index contributed by atoms with van der Waals surface area (Å²) in [6.07, 6.45) is 2.73. The number of aryl methyl sites for hydroxylation is 1. The van der Waals surface area contributed by atoms with Crippen molar-refractivity contribution in [1.29, 1.82) is 0 Å². The molecule has 1 aromatic heterocycles. The van der Waals surface area contributed by atoms with Gasteiger partial charge in [-0.1, -0.05) is 20.8 Å². The number of hydrogen-bond donors (Lipinski definition) is 1. The SMILES string of the molecule is CCOc1ccc(NC(=O)N(CC(=O)N(Cc2cccn2C)CC(C)C)C(C)CC)cc1. The summed E-state index contributed by atoms with van der Waals surface area (Å²) in [6, 6.07) is 10.9. The van der Waals surface area contributed by atoms with Gasteiger partial charge in [-0.2, -0.15) is 0 Å². The van der Waals surface area contributed by atoms with E-state index in [0.29, 0.717) is 31.3 Å². The van der Waals surface area contributed by atoms with Crippen molar-refractivity contribution in [3.8, 4) is 5.75 Å². The summed E-state index contributed by atoms with van der Waals surface area (Å²) in [5.41, 5.74) is 1.73. The first-order chi connectivity index (χ1) is 15.2. The summed E-state index contributed by atoms with van der Waals surface area (Å²) in [5, 5.41) is 2.92. The second kappa shape index (κ2) is 12.2. The zero-order chi connectivity index (χ0) is 23.7. The van der Waals surface area contributed by atoms with Gasteiger partial charge in [-0.15, -0.1) is 0 Å². The Balaban J connectivity index is 2.13. The molecule has 1 N–H and O–H groups in total. The van der Waals surface area contributed by atoms with Crippen LogP contribution in [0.25, 0.3) is 0 Å². The van der Waals surface area contributed by atoms with Crippen LogP contribution >= 0.6 is 0 Å². The number of anilines is 1. The highest BCUT2D eigenvalue weighted by atomic mass is 16.5. The molecule has 0 aliphatic rings. The van der Waals surface area contributed by atoms with Crippen molar-refractivity contribution in [2.75, 3.05) is 25.0 Å². The van der Waals surface area contributed by atoms with E-state index < -0.39 is 0 Å². The number of urea groups is 1. The van der Waals surface area contributed by atoms with Gasteiger partial charge in [0.15, 0.2) is 0 Å². The summed E-state index contributed by atoms with van der Waals surface area (Å²) in [7, 11) is 1.98. The van der Waals surface area contributed by atoms with E-state index >= 15 is 0 Å². The van der Waals surface area contributed by atoms with Gasteiger partial charge in [-0.05, 0) is 62.6 Å². The lowest BCUT2D eigenvalue weighted by Gasteiger charge is -2.32. The lowest BCUT2D eigenvalue weighted by Crippen LogP contribution is -2.48. The molecule has 1 heterocycles. The highest BCUT2D eigenvalue weighted by molar-refractivity contribution is 5.92. The maximum Gasteiger partial charge on any atom is 0.322 e. The van der Waals surface area contributed by atoms with E-state index in [1.165, 1.54) is 0 Å². The van der Waals surface area contributed by atoms with E-state index in [1.807, 2.05) is 67.7 Å². The number of carbonyl (C=O) groups is 2. The van der Waals surface area contributed by atoms with Gasteiger partial charge in [-0.25, -0.2) is 4.79 Å². The molecule has 7 nitrogen and oxygen atoms in total. The van der Waals surface area contributed by atoms with E-state index in [9.17, 15) is 9.59 Å². The number of nitrogens with zero attached hydrogens (tertiary/aromatic N) is 3. The standard InChI is InChI=1S/C25H38N4O3/c1-7-20(5)29(25(31)26-21-11-13-23(14-12-21)32-8-2)18-24(30)28(16-19(3)4)17-22-10-9-15-27(22)6/h9-15,19-20H,7-8,16-18H2,1-6H3,(H,26,31). The van der Waals surface area contributed by atoms with Crippen molar-refractivity contribution < 1.29 is 14.3 Å². The predicted molar refractivity (Wildman–Crippen MR) is 129 cm³/mol.